The third-order valence-electron chi connectivity index (χ3n) is 6.96. The zero-order valence-electron chi connectivity index (χ0n) is 15.9. The summed E-state index contributed by atoms with van der Waals surface area (Å²) < 4.78 is 14.1. The van der Waals surface area contributed by atoms with E-state index in [4.69, 9.17) is 0 Å². The summed E-state index contributed by atoms with van der Waals surface area (Å²) in [4.78, 5) is 33.8. The van der Waals surface area contributed by atoms with Crippen molar-refractivity contribution in [2.75, 3.05) is 59.4 Å². The predicted octanol–water partition coefficient (Wildman–Crippen LogP) is 0.720. The second-order valence-corrected chi connectivity index (χ2v) is 8.55. The van der Waals surface area contributed by atoms with Gasteiger partial charge in [0.1, 0.15) is 5.54 Å². The monoisotopic (exact) mass is 366 g/mol. The molecule has 0 radical (unpaired) electrons. The number of likely N-dealkylation sites (N-methyl/N-ethyl adjacent to an activating group) is 1. The maximum atomic E-state index is 14.1. The van der Waals surface area contributed by atoms with Crippen LogP contribution in [-0.2, 0) is 9.59 Å². The predicted molar refractivity (Wildman–Crippen MR) is 96.5 cm³/mol. The lowest BCUT2D eigenvalue weighted by molar-refractivity contribution is -0.158. The van der Waals surface area contributed by atoms with Gasteiger partial charge < -0.3 is 14.7 Å². The van der Waals surface area contributed by atoms with Crippen molar-refractivity contribution < 1.29 is 14.0 Å². The molecule has 7 heteroatoms. The molecule has 2 amide bonds. The zero-order valence-corrected chi connectivity index (χ0v) is 15.9. The summed E-state index contributed by atoms with van der Waals surface area (Å²) >= 11 is 0. The molecule has 4 aliphatic rings. The molecule has 26 heavy (non-hydrogen) atoms. The number of piperazine rings is 1. The minimum atomic E-state index is -1.60. The maximum Gasteiger partial charge on any atom is 0.260 e. The van der Waals surface area contributed by atoms with Crippen LogP contribution in [0.5, 0.6) is 0 Å². The number of rotatable bonds is 4. The summed E-state index contributed by atoms with van der Waals surface area (Å²) in [5, 5.41) is 0. The number of amides is 2. The molecule has 3 saturated heterocycles. The highest BCUT2D eigenvalue weighted by molar-refractivity contribution is 5.90. The van der Waals surface area contributed by atoms with E-state index in [1.165, 1.54) is 12.8 Å². The SMILES string of the molecule is CN1CCN(CCN2CCCC2)C(=O)C12CCN(C(=O)C1(F)CC1)CC2. The summed E-state index contributed by atoms with van der Waals surface area (Å²) in [6.45, 7) is 6.67. The number of nitrogens with zero attached hydrogens (tertiary/aromatic N) is 4. The minimum Gasteiger partial charge on any atom is -0.340 e. The van der Waals surface area contributed by atoms with Crippen LogP contribution >= 0.6 is 0 Å². The first-order chi connectivity index (χ1) is 12.4. The highest BCUT2D eigenvalue weighted by Crippen LogP contribution is 2.43. The average Bonchev–Trinajstić information content (AvgIpc) is 3.19. The molecule has 1 saturated carbocycles. The number of carbonyl (C=O) groups excluding carboxylic acids is 2. The number of hydrogen-bond donors (Lipinski definition) is 0. The molecule has 0 N–H and O–H groups in total. The van der Waals surface area contributed by atoms with E-state index in [1.54, 1.807) is 4.90 Å². The Kier molecular flexibility index (Phi) is 4.72. The first-order valence-corrected chi connectivity index (χ1v) is 10.2. The first kappa shape index (κ1) is 18.2. The van der Waals surface area contributed by atoms with Gasteiger partial charge in [0, 0.05) is 39.3 Å². The fourth-order valence-electron chi connectivity index (χ4n) is 4.81. The molecule has 6 nitrogen and oxygen atoms in total. The van der Waals surface area contributed by atoms with Crippen LogP contribution in [0.4, 0.5) is 4.39 Å². The fraction of sp³-hybridized carbons (Fsp3) is 0.895. The van der Waals surface area contributed by atoms with Gasteiger partial charge in [0.05, 0.1) is 0 Å². The Bertz CT molecular complexity index is 566. The van der Waals surface area contributed by atoms with Crippen LogP contribution < -0.4 is 0 Å². The quantitative estimate of drug-likeness (QED) is 0.736. The highest BCUT2D eigenvalue weighted by atomic mass is 19.1. The Labute approximate surface area is 155 Å². The summed E-state index contributed by atoms with van der Waals surface area (Å²) in [5.41, 5.74) is -2.11. The van der Waals surface area contributed by atoms with Gasteiger partial charge in [-0.15, -0.1) is 0 Å². The van der Waals surface area contributed by atoms with E-state index in [1.807, 2.05) is 11.9 Å². The fourth-order valence-corrected chi connectivity index (χ4v) is 4.81. The summed E-state index contributed by atoms with van der Waals surface area (Å²) in [6, 6.07) is 0. The van der Waals surface area contributed by atoms with Crippen LogP contribution in [0.3, 0.4) is 0 Å². The lowest BCUT2D eigenvalue weighted by atomic mass is 9.82. The van der Waals surface area contributed by atoms with Crippen molar-refractivity contribution >= 4 is 11.8 Å². The van der Waals surface area contributed by atoms with Gasteiger partial charge in [-0.2, -0.15) is 0 Å². The molecule has 4 fully saturated rings. The van der Waals surface area contributed by atoms with Crippen LogP contribution in [0.15, 0.2) is 0 Å². The normalized spacial score (nSPS) is 28.8. The number of hydrogen-bond acceptors (Lipinski definition) is 4. The Balaban J connectivity index is 1.38. The van der Waals surface area contributed by atoms with Crippen LogP contribution in [0.2, 0.25) is 0 Å². The molecule has 0 atom stereocenters. The topological polar surface area (TPSA) is 47.1 Å². The Morgan fingerprint density at radius 2 is 1.62 bits per heavy atom. The molecule has 1 aliphatic carbocycles. The van der Waals surface area contributed by atoms with Gasteiger partial charge in [-0.1, -0.05) is 0 Å². The van der Waals surface area contributed by atoms with Gasteiger partial charge in [0.15, 0.2) is 5.67 Å². The largest absolute Gasteiger partial charge is 0.340 e. The summed E-state index contributed by atoms with van der Waals surface area (Å²) in [6.07, 6.45) is 4.48. The van der Waals surface area contributed by atoms with E-state index >= 15 is 0 Å². The molecule has 0 aromatic carbocycles. The molecule has 0 unspecified atom stereocenters. The maximum absolute atomic E-state index is 14.1. The second-order valence-electron chi connectivity index (χ2n) is 8.55. The zero-order chi connectivity index (χ0) is 18.4. The van der Waals surface area contributed by atoms with Crippen molar-refractivity contribution in [3.8, 4) is 0 Å². The number of piperidine rings is 1. The molecule has 0 aromatic heterocycles. The second kappa shape index (κ2) is 6.75. The van der Waals surface area contributed by atoms with Crippen molar-refractivity contribution in [2.45, 2.75) is 49.7 Å². The van der Waals surface area contributed by atoms with Gasteiger partial charge in [0.25, 0.3) is 5.91 Å². The van der Waals surface area contributed by atoms with Crippen LogP contribution in [0, 0.1) is 0 Å². The average molecular weight is 366 g/mol. The summed E-state index contributed by atoms with van der Waals surface area (Å²) in [7, 11) is 2.02. The highest BCUT2D eigenvalue weighted by Gasteiger charge is 2.55. The first-order valence-electron chi connectivity index (χ1n) is 10.2. The number of halogens is 1. The smallest absolute Gasteiger partial charge is 0.260 e. The molecule has 0 bridgehead atoms. The molecular weight excluding hydrogens is 335 g/mol. The van der Waals surface area contributed by atoms with E-state index in [2.05, 4.69) is 9.80 Å². The Morgan fingerprint density at radius 3 is 2.23 bits per heavy atom. The molecule has 146 valence electrons. The molecule has 1 spiro atoms. The van der Waals surface area contributed by atoms with Crippen molar-refractivity contribution in [1.82, 2.24) is 19.6 Å². The van der Waals surface area contributed by atoms with E-state index in [9.17, 15) is 14.0 Å². The van der Waals surface area contributed by atoms with Gasteiger partial charge in [-0.25, -0.2) is 4.39 Å². The lowest BCUT2D eigenvalue weighted by Gasteiger charge is -2.51. The van der Waals surface area contributed by atoms with Gasteiger partial charge >= 0.3 is 0 Å². The van der Waals surface area contributed by atoms with Crippen LogP contribution in [0.25, 0.3) is 0 Å². The number of likely N-dealkylation sites (tertiary alicyclic amines) is 2. The standard InChI is InChI=1S/C19H31FN4O2/c1-21-12-14-24(15-13-22-8-2-3-9-22)17(26)19(21)6-10-23(11-7-19)16(25)18(20)4-5-18/h2-15H2,1H3. The molecule has 4 rings (SSSR count). The van der Waals surface area contributed by atoms with E-state index < -0.39 is 11.2 Å². The lowest BCUT2D eigenvalue weighted by Crippen LogP contribution is -2.68. The van der Waals surface area contributed by atoms with E-state index in [0.717, 1.165) is 39.3 Å². The minimum absolute atomic E-state index is 0.207. The molecule has 3 heterocycles. The van der Waals surface area contributed by atoms with Gasteiger partial charge in [-0.3, -0.25) is 14.5 Å². The van der Waals surface area contributed by atoms with Gasteiger partial charge in [0.2, 0.25) is 5.91 Å². The van der Waals surface area contributed by atoms with E-state index in [0.29, 0.717) is 38.8 Å². The third kappa shape index (κ3) is 3.13. The third-order valence-corrected chi connectivity index (χ3v) is 6.96. The van der Waals surface area contributed by atoms with Crippen molar-refractivity contribution in [3.63, 3.8) is 0 Å². The van der Waals surface area contributed by atoms with Crippen molar-refractivity contribution in [2.24, 2.45) is 0 Å². The van der Waals surface area contributed by atoms with Crippen molar-refractivity contribution in [3.05, 3.63) is 0 Å². The number of alkyl halides is 1. The van der Waals surface area contributed by atoms with Crippen molar-refractivity contribution in [1.29, 1.82) is 0 Å². The summed E-state index contributed by atoms with van der Waals surface area (Å²) in [5.74, 6) is -0.150. The Morgan fingerprint density at radius 1 is 0.962 bits per heavy atom. The van der Waals surface area contributed by atoms with E-state index in [-0.39, 0.29) is 11.8 Å². The molecule has 3 aliphatic heterocycles. The van der Waals surface area contributed by atoms with Gasteiger partial charge in [-0.05, 0) is 58.7 Å². The van der Waals surface area contributed by atoms with Crippen LogP contribution in [-0.4, -0.2) is 102 Å². The molecule has 0 aromatic rings. The van der Waals surface area contributed by atoms with Crippen LogP contribution in [0.1, 0.15) is 38.5 Å². The molecular formula is C19H31FN4O2. The number of carbonyl (C=O) groups is 2. The Hall–Kier alpha value is -1.21.